The van der Waals surface area contributed by atoms with Crippen LogP contribution in [0.3, 0.4) is 0 Å². The number of hydrogen-bond donors (Lipinski definition) is 1. The number of nitrogens with one attached hydrogen (secondary N) is 1. The molecule has 2 rings (SSSR count). The lowest BCUT2D eigenvalue weighted by atomic mass is 10.0. The maximum Gasteiger partial charge on any atom is 0.0947 e. The molecule has 0 saturated heterocycles. The van der Waals surface area contributed by atoms with Crippen LogP contribution < -0.4 is 5.32 Å². The molecule has 1 aromatic carbocycles. The maximum atomic E-state index is 4.61. The number of thiazole rings is 1. The standard InChI is InChI=1S/C16H21IN2S/c1-4-8-18-14(9-15-19-12(3)10-20-15)13-7-5-6-11(2)16(13)17/h5-7,10,14,18H,4,8-9H2,1-3H3. The van der Waals surface area contributed by atoms with Gasteiger partial charge < -0.3 is 5.32 Å². The lowest BCUT2D eigenvalue weighted by Gasteiger charge is -2.20. The number of rotatable bonds is 6. The molecule has 1 N–H and O–H groups in total. The van der Waals surface area contributed by atoms with Gasteiger partial charge >= 0.3 is 0 Å². The molecule has 0 bridgehead atoms. The third kappa shape index (κ3) is 4.02. The van der Waals surface area contributed by atoms with Gasteiger partial charge in [-0.25, -0.2) is 4.98 Å². The van der Waals surface area contributed by atoms with E-state index in [0.29, 0.717) is 6.04 Å². The predicted molar refractivity (Wildman–Crippen MR) is 95.5 cm³/mol. The van der Waals surface area contributed by atoms with Crippen LogP contribution in [0.1, 0.15) is 41.2 Å². The Morgan fingerprint density at radius 1 is 1.35 bits per heavy atom. The van der Waals surface area contributed by atoms with Gasteiger partial charge in [0, 0.05) is 27.1 Å². The van der Waals surface area contributed by atoms with Gasteiger partial charge in [0.25, 0.3) is 0 Å². The number of hydrogen-bond acceptors (Lipinski definition) is 3. The Labute approximate surface area is 139 Å². The van der Waals surface area contributed by atoms with Crippen molar-refractivity contribution in [3.8, 4) is 0 Å². The van der Waals surface area contributed by atoms with Crippen molar-refractivity contribution in [1.29, 1.82) is 0 Å². The minimum atomic E-state index is 0.354. The molecule has 1 heterocycles. The quantitative estimate of drug-likeness (QED) is 0.715. The maximum absolute atomic E-state index is 4.61. The lowest BCUT2D eigenvalue weighted by Crippen LogP contribution is -2.25. The van der Waals surface area contributed by atoms with E-state index >= 15 is 0 Å². The average Bonchev–Trinajstić information content (AvgIpc) is 2.83. The van der Waals surface area contributed by atoms with Crippen molar-refractivity contribution < 1.29 is 0 Å². The van der Waals surface area contributed by atoms with Gasteiger partial charge in [-0.3, -0.25) is 0 Å². The highest BCUT2D eigenvalue weighted by Gasteiger charge is 2.16. The number of nitrogens with zero attached hydrogens (tertiary/aromatic N) is 1. The zero-order valence-corrected chi connectivity index (χ0v) is 15.2. The fraction of sp³-hybridized carbons (Fsp3) is 0.438. The average molecular weight is 400 g/mol. The van der Waals surface area contributed by atoms with Crippen molar-refractivity contribution in [3.63, 3.8) is 0 Å². The smallest absolute Gasteiger partial charge is 0.0947 e. The molecule has 4 heteroatoms. The molecule has 0 amide bonds. The minimum absolute atomic E-state index is 0.354. The minimum Gasteiger partial charge on any atom is -0.310 e. The van der Waals surface area contributed by atoms with Gasteiger partial charge in [-0.1, -0.05) is 25.1 Å². The third-order valence-electron chi connectivity index (χ3n) is 3.28. The third-order valence-corrected chi connectivity index (χ3v) is 5.75. The molecular weight excluding hydrogens is 379 g/mol. The largest absolute Gasteiger partial charge is 0.310 e. The molecule has 0 fully saturated rings. The van der Waals surface area contributed by atoms with E-state index in [1.165, 1.54) is 19.7 Å². The molecule has 0 radical (unpaired) electrons. The summed E-state index contributed by atoms with van der Waals surface area (Å²) in [5.41, 5.74) is 3.87. The summed E-state index contributed by atoms with van der Waals surface area (Å²) < 4.78 is 1.37. The summed E-state index contributed by atoms with van der Waals surface area (Å²) in [7, 11) is 0. The van der Waals surface area contributed by atoms with E-state index in [2.05, 4.69) is 77.2 Å². The number of aryl methyl sites for hydroxylation is 2. The molecule has 0 aliphatic carbocycles. The van der Waals surface area contributed by atoms with Crippen LogP contribution in [-0.4, -0.2) is 11.5 Å². The van der Waals surface area contributed by atoms with Crippen LogP contribution in [0.2, 0.25) is 0 Å². The summed E-state index contributed by atoms with van der Waals surface area (Å²) in [6, 6.07) is 6.92. The number of benzene rings is 1. The van der Waals surface area contributed by atoms with Gasteiger partial charge in [0.1, 0.15) is 0 Å². The van der Waals surface area contributed by atoms with Crippen molar-refractivity contribution in [1.82, 2.24) is 10.3 Å². The Morgan fingerprint density at radius 2 is 2.15 bits per heavy atom. The van der Waals surface area contributed by atoms with Gasteiger partial charge in [0.05, 0.1) is 5.01 Å². The number of aromatic nitrogens is 1. The Balaban J connectivity index is 2.24. The molecule has 0 spiro atoms. The topological polar surface area (TPSA) is 24.9 Å². The summed E-state index contributed by atoms with van der Waals surface area (Å²) in [6.07, 6.45) is 2.12. The van der Waals surface area contributed by atoms with Crippen LogP contribution in [0.15, 0.2) is 23.6 Å². The van der Waals surface area contributed by atoms with Crippen LogP contribution in [0, 0.1) is 17.4 Å². The summed E-state index contributed by atoms with van der Waals surface area (Å²) in [4.78, 5) is 4.61. The van der Waals surface area contributed by atoms with Crippen LogP contribution in [0.5, 0.6) is 0 Å². The molecule has 0 aliphatic heterocycles. The molecular formula is C16H21IN2S. The van der Waals surface area contributed by atoms with E-state index in [-0.39, 0.29) is 0 Å². The SMILES string of the molecule is CCCNC(Cc1nc(C)cs1)c1cccc(C)c1I. The zero-order chi connectivity index (χ0) is 14.5. The first-order chi connectivity index (χ1) is 9.61. The van der Waals surface area contributed by atoms with E-state index in [0.717, 1.165) is 25.1 Å². The second kappa shape index (κ2) is 7.52. The van der Waals surface area contributed by atoms with Crippen molar-refractivity contribution in [2.75, 3.05) is 6.54 Å². The highest BCUT2D eigenvalue weighted by atomic mass is 127. The fourth-order valence-electron chi connectivity index (χ4n) is 2.22. The summed E-state index contributed by atoms with van der Waals surface area (Å²) in [6.45, 7) is 7.48. The summed E-state index contributed by atoms with van der Waals surface area (Å²) >= 11 is 4.23. The van der Waals surface area contributed by atoms with E-state index in [1.807, 2.05) is 0 Å². The van der Waals surface area contributed by atoms with Gasteiger partial charge in [0.15, 0.2) is 0 Å². The Morgan fingerprint density at radius 3 is 2.80 bits per heavy atom. The second-order valence-corrected chi connectivity index (χ2v) is 7.09. The molecule has 20 heavy (non-hydrogen) atoms. The normalized spacial score (nSPS) is 12.6. The monoisotopic (exact) mass is 400 g/mol. The first kappa shape index (κ1) is 15.9. The molecule has 0 aliphatic rings. The Bertz CT molecular complexity index is 565. The van der Waals surface area contributed by atoms with Gasteiger partial charge in [-0.2, -0.15) is 0 Å². The Hall–Kier alpha value is -0.460. The van der Waals surface area contributed by atoms with E-state index in [1.54, 1.807) is 11.3 Å². The van der Waals surface area contributed by atoms with Crippen molar-refractivity contribution in [3.05, 3.63) is 49.0 Å². The Kier molecular flexibility index (Phi) is 5.99. The summed E-state index contributed by atoms with van der Waals surface area (Å²) in [5, 5.41) is 7.02. The van der Waals surface area contributed by atoms with Gasteiger partial charge in [-0.15, -0.1) is 11.3 Å². The van der Waals surface area contributed by atoms with E-state index in [9.17, 15) is 0 Å². The van der Waals surface area contributed by atoms with Crippen LogP contribution in [0.4, 0.5) is 0 Å². The molecule has 2 nitrogen and oxygen atoms in total. The van der Waals surface area contributed by atoms with E-state index in [4.69, 9.17) is 0 Å². The number of halogens is 1. The second-order valence-electron chi connectivity index (χ2n) is 5.07. The first-order valence-corrected chi connectivity index (χ1v) is 8.97. The van der Waals surface area contributed by atoms with Crippen LogP contribution in [-0.2, 0) is 6.42 Å². The molecule has 0 saturated carbocycles. The van der Waals surface area contributed by atoms with Crippen LogP contribution in [0.25, 0.3) is 0 Å². The highest BCUT2D eigenvalue weighted by Crippen LogP contribution is 2.26. The lowest BCUT2D eigenvalue weighted by molar-refractivity contribution is 0.526. The molecule has 2 aromatic rings. The van der Waals surface area contributed by atoms with Gasteiger partial charge in [0.2, 0.25) is 0 Å². The van der Waals surface area contributed by atoms with Crippen LogP contribution >= 0.6 is 33.9 Å². The molecule has 1 atom stereocenters. The van der Waals surface area contributed by atoms with Gasteiger partial charge in [-0.05, 0) is 60.5 Å². The fourth-order valence-corrected chi connectivity index (χ4v) is 3.78. The zero-order valence-electron chi connectivity index (χ0n) is 12.2. The van der Waals surface area contributed by atoms with E-state index < -0.39 is 0 Å². The van der Waals surface area contributed by atoms with Crippen molar-refractivity contribution in [2.45, 2.75) is 39.7 Å². The molecule has 1 aromatic heterocycles. The van der Waals surface area contributed by atoms with Crippen molar-refractivity contribution >= 4 is 33.9 Å². The predicted octanol–water partition coefficient (Wildman–Crippen LogP) is 4.65. The molecule has 108 valence electrons. The summed E-state index contributed by atoms with van der Waals surface area (Å²) in [5.74, 6) is 0. The first-order valence-electron chi connectivity index (χ1n) is 7.01. The van der Waals surface area contributed by atoms with Crippen molar-refractivity contribution in [2.24, 2.45) is 0 Å². The molecule has 1 unspecified atom stereocenters. The highest BCUT2D eigenvalue weighted by molar-refractivity contribution is 14.1.